The number of benzene rings is 3. The van der Waals surface area contributed by atoms with Gasteiger partial charge in [0.2, 0.25) is 0 Å². The molecule has 1 aliphatic heterocycles. The number of hydrogen-bond donors (Lipinski definition) is 1. The van der Waals surface area contributed by atoms with Gasteiger partial charge in [-0.3, -0.25) is 9.59 Å². The molecule has 0 aliphatic carbocycles. The highest BCUT2D eigenvalue weighted by molar-refractivity contribution is 8.04. The number of rotatable bonds is 5. The quantitative estimate of drug-likeness (QED) is 0.507. The molecule has 0 fully saturated rings. The Morgan fingerprint density at radius 1 is 1.00 bits per heavy atom. The Morgan fingerprint density at radius 2 is 1.69 bits per heavy atom. The summed E-state index contributed by atoms with van der Waals surface area (Å²) in [6, 6.07) is 23.6. The number of carbonyl (C=O) groups excluding carboxylic acids is 2. The fraction of sp³-hybridized carbons (Fsp3) is 0.185. The summed E-state index contributed by atoms with van der Waals surface area (Å²) in [6.07, 6.45) is 1.90. The van der Waals surface area contributed by atoms with Gasteiger partial charge in [0.1, 0.15) is 0 Å². The summed E-state index contributed by atoms with van der Waals surface area (Å²) < 4.78 is 0. The molecule has 2 amide bonds. The van der Waals surface area contributed by atoms with Crippen molar-refractivity contribution in [2.75, 3.05) is 4.90 Å². The number of amides is 2. The smallest absolute Gasteiger partial charge is 0.265 e. The first-order valence-electron chi connectivity index (χ1n) is 10.7. The van der Waals surface area contributed by atoms with Crippen molar-refractivity contribution in [3.05, 3.63) is 100.0 Å². The Labute approximate surface area is 193 Å². The minimum Gasteiger partial charge on any atom is -0.350 e. The lowest BCUT2D eigenvalue weighted by molar-refractivity contribution is -0.114. The van der Waals surface area contributed by atoms with Crippen LogP contribution in [0.4, 0.5) is 5.69 Å². The van der Waals surface area contributed by atoms with E-state index in [1.165, 1.54) is 11.8 Å². The van der Waals surface area contributed by atoms with Gasteiger partial charge in [0.05, 0.1) is 17.1 Å². The molecule has 0 atom stereocenters. The van der Waals surface area contributed by atoms with E-state index >= 15 is 0 Å². The number of aryl methyl sites for hydroxylation is 1. The van der Waals surface area contributed by atoms with Crippen LogP contribution in [0.1, 0.15) is 40.9 Å². The largest absolute Gasteiger partial charge is 0.350 e. The van der Waals surface area contributed by atoms with E-state index in [0.717, 1.165) is 27.3 Å². The van der Waals surface area contributed by atoms with Gasteiger partial charge >= 0.3 is 0 Å². The summed E-state index contributed by atoms with van der Waals surface area (Å²) >= 11 is 1.49. The molecule has 0 spiro atoms. The molecule has 32 heavy (non-hydrogen) atoms. The van der Waals surface area contributed by atoms with Crippen LogP contribution in [0.3, 0.4) is 0 Å². The van der Waals surface area contributed by atoms with Gasteiger partial charge in [-0.2, -0.15) is 0 Å². The average molecular weight is 443 g/mol. The third kappa shape index (κ3) is 4.78. The maximum absolute atomic E-state index is 13.5. The molecule has 0 saturated heterocycles. The first-order chi connectivity index (χ1) is 15.4. The van der Waals surface area contributed by atoms with Crippen LogP contribution in [0.5, 0.6) is 0 Å². The van der Waals surface area contributed by atoms with Crippen molar-refractivity contribution < 1.29 is 9.59 Å². The molecule has 0 bridgehead atoms. The van der Waals surface area contributed by atoms with Crippen LogP contribution in [0, 0.1) is 6.92 Å². The van der Waals surface area contributed by atoms with Gasteiger partial charge in [-0.15, -0.1) is 0 Å². The Balaban J connectivity index is 1.64. The number of fused-ring (bicyclic) bond motifs is 1. The minimum atomic E-state index is -0.0966. The number of carbonyl (C=O) groups is 2. The SMILES string of the molecule is Cc1ccccc1CN1C(=O)/C(=C\c2ccc(C(=O)NC(C)C)cc2)Sc2ccccc21. The fourth-order valence-corrected chi connectivity index (χ4v) is 4.66. The normalized spacial score (nSPS) is 14.6. The van der Waals surface area contributed by atoms with E-state index in [1.54, 1.807) is 12.1 Å². The molecule has 1 heterocycles. The van der Waals surface area contributed by atoms with Crippen molar-refractivity contribution in [3.8, 4) is 0 Å². The van der Waals surface area contributed by atoms with Crippen LogP contribution < -0.4 is 10.2 Å². The van der Waals surface area contributed by atoms with Crippen LogP contribution in [0.15, 0.2) is 82.6 Å². The predicted molar refractivity (Wildman–Crippen MR) is 132 cm³/mol. The number of thioether (sulfide) groups is 1. The zero-order chi connectivity index (χ0) is 22.7. The predicted octanol–water partition coefficient (Wildman–Crippen LogP) is 5.81. The van der Waals surface area contributed by atoms with Crippen molar-refractivity contribution >= 4 is 35.3 Å². The van der Waals surface area contributed by atoms with E-state index in [1.807, 2.05) is 73.4 Å². The summed E-state index contributed by atoms with van der Waals surface area (Å²) in [5.41, 5.74) is 4.72. The van der Waals surface area contributed by atoms with Crippen LogP contribution in [0.2, 0.25) is 0 Å². The first kappa shape index (κ1) is 21.9. The molecule has 0 unspecified atom stereocenters. The number of anilines is 1. The molecule has 0 saturated carbocycles. The lowest BCUT2D eigenvalue weighted by Crippen LogP contribution is -2.33. The van der Waals surface area contributed by atoms with Gasteiger partial charge in [-0.1, -0.05) is 60.3 Å². The molecule has 3 aromatic rings. The summed E-state index contributed by atoms with van der Waals surface area (Å²) in [7, 11) is 0. The van der Waals surface area contributed by atoms with E-state index in [0.29, 0.717) is 17.0 Å². The highest BCUT2D eigenvalue weighted by Crippen LogP contribution is 2.42. The van der Waals surface area contributed by atoms with Crippen LogP contribution >= 0.6 is 11.8 Å². The molecule has 162 valence electrons. The average Bonchev–Trinajstić information content (AvgIpc) is 2.78. The third-order valence-corrected chi connectivity index (χ3v) is 6.39. The maximum Gasteiger partial charge on any atom is 0.265 e. The highest BCUT2D eigenvalue weighted by atomic mass is 32.2. The van der Waals surface area contributed by atoms with Gasteiger partial charge in [0, 0.05) is 16.5 Å². The van der Waals surface area contributed by atoms with Gasteiger partial charge < -0.3 is 10.2 Å². The third-order valence-electron chi connectivity index (χ3n) is 5.31. The topological polar surface area (TPSA) is 49.4 Å². The standard InChI is InChI=1S/C27H26N2O2S/c1-18(2)28-26(30)21-14-12-20(13-15-21)16-25-27(31)29(17-22-9-5-4-8-19(22)3)23-10-6-7-11-24(23)32-25/h4-16,18H,17H2,1-3H3,(H,28,30)/b25-16+. The molecular formula is C27H26N2O2S. The van der Waals surface area contributed by atoms with E-state index < -0.39 is 0 Å². The number of nitrogens with zero attached hydrogens (tertiary/aromatic N) is 1. The molecule has 4 rings (SSSR count). The lowest BCUT2D eigenvalue weighted by Gasteiger charge is -2.31. The van der Waals surface area contributed by atoms with E-state index in [9.17, 15) is 9.59 Å². The maximum atomic E-state index is 13.5. The fourth-order valence-electron chi connectivity index (χ4n) is 3.60. The molecule has 1 N–H and O–H groups in total. The van der Waals surface area contributed by atoms with E-state index in [2.05, 4.69) is 24.4 Å². The Morgan fingerprint density at radius 3 is 2.41 bits per heavy atom. The van der Waals surface area contributed by atoms with Crippen LogP contribution in [0.25, 0.3) is 6.08 Å². The number of nitrogens with one attached hydrogen (secondary N) is 1. The van der Waals surface area contributed by atoms with Crippen LogP contribution in [-0.2, 0) is 11.3 Å². The Hall–Kier alpha value is -3.31. The van der Waals surface area contributed by atoms with E-state index in [4.69, 9.17) is 0 Å². The second-order valence-corrected chi connectivity index (χ2v) is 9.23. The molecular weight excluding hydrogens is 416 g/mol. The van der Waals surface area contributed by atoms with Crippen molar-refractivity contribution in [2.24, 2.45) is 0 Å². The van der Waals surface area contributed by atoms with Crippen molar-refractivity contribution in [3.63, 3.8) is 0 Å². The second-order valence-electron chi connectivity index (χ2n) is 8.15. The summed E-state index contributed by atoms with van der Waals surface area (Å²) in [5, 5.41) is 2.89. The number of para-hydroxylation sites is 1. The molecule has 4 nitrogen and oxygen atoms in total. The van der Waals surface area contributed by atoms with Crippen molar-refractivity contribution in [2.45, 2.75) is 38.3 Å². The molecule has 1 aliphatic rings. The van der Waals surface area contributed by atoms with Gasteiger partial charge in [0.15, 0.2) is 0 Å². The van der Waals surface area contributed by atoms with E-state index in [-0.39, 0.29) is 17.9 Å². The lowest BCUT2D eigenvalue weighted by atomic mass is 10.1. The van der Waals surface area contributed by atoms with Gasteiger partial charge in [-0.25, -0.2) is 0 Å². The zero-order valence-corrected chi connectivity index (χ0v) is 19.3. The van der Waals surface area contributed by atoms with Crippen LogP contribution in [-0.4, -0.2) is 17.9 Å². The second kappa shape index (κ2) is 9.45. The minimum absolute atomic E-state index is 0.0152. The number of hydrogen-bond acceptors (Lipinski definition) is 3. The summed E-state index contributed by atoms with van der Waals surface area (Å²) in [6.45, 7) is 6.46. The van der Waals surface area contributed by atoms with Crippen molar-refractivity contribution in [1.29, 1.82) is 0 Å². The Bertz CT molecular complexity index is 1180. The van der Waals surface area contributed by atoms with Gasteiger partial charge in [0.25, 0.3) is 11.8 Å². The molecule has 3 aromatic carbocycles. The summed E-state index contributed by atoms with van der Waals surface area (Å²) in [4.78, 5) is 29.2. The zero-order valence-electron chi connectivity index (χ0n) is 18.5. The molecule has 5 heteroatoms. The summed E-state index contributed by atoms with van der Waals surface area (Å²) in [5.74, 6) is -0.112. The Kier molecular flexibility index (Phi) is 6.47. The first-order valence-corrected chi connectivity index (χ1v) is 11.5. The molecule has 0 aromatic heterocycles. The monoisotopic (exact) mass is 442 g/mol. The van der Waals surface area contributed by atoms with Crippen molar-refractivity contribution in [1.82, 2.24) is 5.32 Å². The highest BCUT2D eigenvalue weighted by Gasteiger charge is 2.29. The van der Waals surface area contributed by atoms with Gasteiger partial charge in [-0.05, 0) is 67.8 Å². The molecule has 0 radical (unpaired) electrons.